The van der Waals surface area contributed by atoms with Crippen LogP contribution < -0.4 is 10.1 Å². The van der Waals surface area contributed by atoms with Crippen LogP contribution >= 0.6 is 27.5 Å². The lowest BCUT2D eigenvalue weighted by molar-refractivity contribution is 0.441. The predicted octanol–water partition coefficient (Wildman–Crippen LogP) is 4.18. The molecule has 0 radical (unpaired) electrons. The second kappa shape index (κ2) is 7.57. The number of hydrogen-bond acceptors (Lipinski definition) is 4. The Morgan fingerprint density at radius 2 is 2.05 bits per heavy atom. The Kier molecular flexibility index (Phi) is 5.76. The molecule has 0 saturated carbocycles. The van der Waals surface area contributed by atoms with Gasteiger partial charge < -0.3 is 10.1 Å². The van der Waals surface area contributed by atoms with E-state index in [1.807, 2.05) is 6.07 Å². The molecule has 0 unspecified atom stereocenters. The fourth-order valence-electron chi connectivity index (χ4n) is 1.55. The minimum atomic E-state index is 0.286. The van der Waals surface area contributed by atoms with Gasteiger partial charge in [0.1, 0.15) is 5.75 Å². The third kappa shape index (κ3) is 4.44. The monoisotopic (exact) mass is 355 g/mol. The summed E-state index contributed by atoms with van der Waals surface area (Å²) in [4.78, 5) is 8.35. The van der Waals surface area contributed by atoms with Gasteiger partial charge in [-0.1, -0.05) is 34.5 Å². The van der Waals surface area contributed by atoms with Gasteiger partial charge in [-0.2, -0.15) is 0 Å². The molecule has 0 aliphatic carbocycles. The molecule has 0 amide bonds. The number of rotatable bonds is 6. The molecule has 2 rings (SSSR count). The molecular weight excluding hydrogens is 342 g/mol. The van der Waals surface area contributed by atoms with E-state index in [-0.39, 0.29) is 6.01 Å². The zero-order valence-corrected chi connectivity index (χ0v) is 13.4. The van der Waals surface area contributed by atoms with E-state index in [2.05, 4.69) is 38.1 Å². The summed E-state index contributed by atoms with van der Waals surface area (Å²) in [5, 5.41) is 3.80. The Hall–Kier alpha value is -1.17. The number of nitrogens with zero attached hydrogens (tertiary/aromatic N) is 2. The van der Waals surface area contributed by atoms with E-state index in [9.17, 15) is 0 Å². The first kappa shape index (κ1) is 15.2. The lowest BCUT2D eigenvalue weighted by Gasteiger charge is -2.07. The normalized spacial score (nSPS) is 10.6. The number of hydrogen-bond donors (Lipinski definition) is 1. The lowest BCUT2D eigenvalue weighted by atomic mass is 10.3. The summed E-state index contributed by atoms with van der Waals surface area (Å²) in [6.45, 7) is 3.86. The standard InChI is InChI=1S/C14H15BrClN3O/c1-2-5-17-7-10-8-18-14(19-9-10)20-13-4-3-11(15)6-12(13)16/h3-4,6,8-9,17H,2,5,7H2,1H3. The number of aromatic nitrogens is 2. The average molecular weight is 357 g/mol. The molecule has 1 aromatic heterocycles. The smallest absolute Gasteiger partial charge is 0.321 e. The highest BCUT2D eigenvalue weighted by Crippen LogP contribution is 2.30. The summed E-state index contributed by atoms with van der Waals surface area (Å²) >= 11 is 9.42. The number of benzene rings is 1. The molecule has 0 bridgehead atoms. The molecule has 1 aromatic carbocycles. The van der Waals surface area contributed by atoms with Gasteiger partial charge in [0.25, 0.3) is 0 Å². The van der Waals surface area contributed by atoms with Crippen LogP contribution in [0.1, 0.15) is 18.9 Å². The lowest BCUT2D eigenvalue weighted by Crippen LogP contribution is -2.14. The van der Waals surface area contributed by atoms with Crippen LogP contribution in [0.3, 0.4) is 0 Å². The predicted molar refractivity (Wildman–Crippen MR) is 83.3 cm³/mol. The number of ether oxygens (including phenoxy) is 1. The van der Waals surface area contributed by atoms with Crippen molar-refractivity contribution in [1.82, 2.24) is 15.3 Å². The minimum Gasteiger partial charge on any atom is -0.423 e. The molecule has 6 heteroatoms. The molecule has 1 heterocycles. The zero-order chi connectivity index (χ0) is 14.4. The summed E-state index contributed by atoms with van der Waals surface area (Å²) in [5.41, 5.74) is 1.02. The summed E-state index contributed by atoms with van der Waals surface area (Å²) in [5.74, 6) is 0.534. The number of halogens is 2. The van der Waals surface area contributed by atoms with E-state index in [0.29, 0.717) is 10.8 Å². The Bertz CT molecular complexity index is 563. The third-order valence-corrected chi connectivity index (χ3v) is 3.32. The molecule has 106 valence electrons. The van der Waals surface area contributed by atoms with Gasteiger partial charge in [0.15, 0.2) is 0 Å². The molecule has 2 aromatic rings. The van der Waals surface area contributed by atoms with Crippen molar-refractivity contribution in [3.8, 4) is 11.8 Å². The average Bonchev–Trinajstić information content (AvgIpc) is 2.44. The molecule has 0 atom stereocenters. The highest BCUT2D eigenvalue weighted by molar-refractivity contribution is 9.10. The van der Waals surface area contributed by atoms with E-state index in [1.54, 1.807) is 24.5 Å². The van der Waals surface area contributed by atoms with E-state index < -0.39 is 0 Å². The molecule has 1 N–H and O–H groups in total. The molecular formula is C14H15BrClN3O. The molecule has 20 heavy (non-hydrogen) atoms. The zero-order valence-electron chi connectivity index (χ0n) is 11.1. The molecule has 0 saturated heterocycles. The van der Waals surface area contributed by atoms with Gasteiger partial charge >= 0.3 is 6.01 Å². The van der Waals surface area contributed by atoms with Crippen molar-refractivity contribution >= 4 is 27.5 Å². The van der Waals surface area contributed by atoms with Gasteiger partial charge in [-0.25, -0.2) is 9.97 Å². The van der Waals surface area contributed by atoms with Crippen molar-refractivity contribution in [2.75, 3.05) is 6.54 Å². The fourth-order valence-corrected chi connectivity index (χ4v) is 2.26. The molecule has 4 nitrogen and oxygen atoms in total. The van der Waals surface area contributed by atoms with Crippen LogP contribution in [0, 0.1) is 0 Å². The Morgan fingerprint density at radius 3 is 2.70 bits per heavy atom. The van der Waals surface area contributed by atoms with Crippen LogP contribution in [-0.4, -0.2) is 16.5 Å². The van der Waals surface area contributed by atoms with Crippen LogP contribution in [0.2, 0.25) is 5.02 Å². The van der Waals surface area contributed by atoms with Crippen LogP contribution in [0.5, 0.6) is 11.8 Å². The van der Waals surface area contributed by atoms with Crippen molar-refractivity contribution in [3.63, 3.8) is 0 Å². The second-order valence-corrected chi connectivity index (χ2v) is 5.55. The molecule has 0 aliphatic rings. The highest BCUT2D eigenvalue weighted by atomic mass is 79.9. The van der Waals surface area contributed by atoms with Crippen LogP contribution in [0.4, 0.5) is 0 Å². The number of nitrogens with one attached hydrogen (secondary N) is 1. The maximum atomic E-state index is 6.07. The minimum absolute atomic E-state index is 0.286. The van der Waals surface area contributed by atoms with Crippen molar-refractivity contribution in [2.24, 2.45) is 0 Å². The topological polar surface area (TPSA) is 47.0 Å². The van der Waals surface area contributed by atoms with Gasteiger partial charge in [0, 0.05) is 29.0 Å². The first-order valence-electron chi connectivity index (χ1n) is 6.33. The summed E-state index contributed by atoms with van der Waals surface area (Å²) in [7, 11) is 0. The molecule has 0 spiro atoms. The first-order chi connectivity index (χ1) is 9.69. The van der Waals surface area contributed by atoms with E-state index in [1.165, 1.54) is 0 Å². The highest BCUT2D eigenvalue weighted by Gasteiger charge is 2.06. The SMILES string of the molecule is CCCNCc1cnc(Oc2ccc(Br)cc2Cl)nc1. The van der Waals surface area contributed by atoms with E-state index in [4.69, 9.17) is 16.3 Å². The van der Waals surface area contributed by atoms with Gasteiger partial charge in [0.2, 0.25) is 0 Å². The van der Waals surface area contributed by atoms with Crippen molar-refractivity contribution in [2.45, 2.75) is 19.9 Å². The molecule has 0 aliphatic heterocycles. The van der Waals surface area contributed by atoms with Gasteiger partial charge in [0.05, 0.1) is 5.02 Å². The largest absolute Gasteiger partial charge is 0.423 e. The third-order valence-electron chi connectivity index (χ3n) is 2.53. The first-order valence-corrected chi connectivity index (χ1v) is 7.50. The van der Waals surface area contributed by atoms with E-state index in [0.717, 1.165) is 29.5 Å². The van der Waals surface area contributed by atoms with E-state index >= 15 is 0 Å². The maximum Gasteiger partial charge on any atom is 0.321 e. The van der Waals surface area contributed by atoms with Crippen molar-refractivity contribution < 1.29 is 4.74 Å². The Morgan fingerprint density at radius 1 is 1.30 bits per heavy atom. The van der Waals surface area contributed by atoms with Crippen molar-refractivity contribution in [1.29, 1.82) is 0 Å². The Labute approximate surface area is 131 Å². The van der Waals surface area contributed by atoms with Crippen LogP contribution in [-0.2, 0) is 6.54 Å². The quantitative estimate of drug-likeness (QED) is 0.789. The van der Waals surface area contributed by atoms with Gasteiger partial charge in [-0.3, -0.25) is 0 Å². The maximum absolute atomic E-state index is 6.07. The van der Waals surface area contributed by atoms with Crippen LogP contribution in [0.25, 0.3) is 0 Å². The van der Waals surface area contributed by atoms with Gasteiger partial charge in [-0.05, 0) is 31.2 Å². The fraction of sp³-hybridized carbons (Fsp3) is 0.286. The summed E-state index contributed by atoms with van der Waals surface area (Å²) < 4.78 is 6.45. The van der Waals surface area contributed by atoms with Crippen molar-refractivity contribution in [3.05, 3.63) is 45.7 Å². The Balaban J connectivity index is 1.99. The summed E-state index contributed by atoms with van der Waals surface area (Å²) in [6.07, 6.45) is 4.60. The van der Waals surface area contributed by atoms with Crippen LogP contribution in [0.15, 0.2) is 35.1 Å². The second-order valence-electron chi connectivity index (χ2n) is 4.23. The molecule has 0 fully saturated rings. The summed E-state index contributed by atoms with van der Waals surface area (Å²) in [6, 6.07) is 5.67. The van der Waals surface area contributed by atoms with Gasteiger partial charge in [-0.15, -0.1) is 0 Å².